The number of aromatic amines is 1. The molecule has 2 aromatic rings. The molecular formula is C14H12N2O6. The second kappa shape index (κ2) is 5.40. The summed E-state index contributed by atoms with van der Waals surface area (Å²) in [5.41, 5.74) is 1.14. The number of benzene rings is 1. The van der Waals surface area contributed by atoms with Gasteiger partial charge in [-0.05, 0) is 13.0 Å². The first kappa shape index (κ1) is 13.9. The lowest BCUT2D eigenvalue weighted by molar-refractivity contribution is -0.400. The van der Waals surface area contributed by atoms with E-state index in [1.807, 2.05) is 0 Å². The van der Waals surface area contributed by atoms with Crippen molar-refractivity contribution in [3.63, 3.8) is 0 Å². The second-order valence-corrected chi connectivity index (χ2v) is 4.49. The number of carbonyl (C=O) groups is 1. The lowest BCUT2D eigenvalue weighted by Gasteiger charge is -2.00. The number of hydrogen-bond donors (Lipinski definition) is 1. The Morgan fingerprint density at radius 1 is 1.45 bits per heavy atom. The van der Waals surface area contributed by atoms with Crippen LogP contribution in [0, 0.1) is 10.1 Å². The van der Waals surface area contributed by atoms with E-state index in [1.54, 1.807) is 19.1 Å². The molecular weight excluding hydrogens is 292 g/mol. The van der Waals surface area contributed by atoms with E-state index in [0.717, 1.165) is 6.20 Å². The molecule has 0 unspecified atom stereocenters. The van der Waals surface area contributed by atoms with E-state index in [4.69, 9.17) is 14.2 Å². The summed E-state index contributed by atoms with van der Waals surface area (Å²) >= 11 is 0. The molecule has 1 aliphatic rings. The van der Waals surface area contributed by atoms with Crippen LogP contribution in [-0.2, 0) is 4.74 Å². The molecule has 1 aromatic carbocycles. The molecule has 0 aliphatic carbocycles. The molecule has 0 saturated carbocycles. The minimum atomic E-state index is -0.596. The first-order valence-corrected chi connectivity index (χ1v) is 6.54. The standard InChI is InChI=1S/C14H12N2O6/c1-2-20-14(17)13-8(3-4-16(18)19)9-5-11-12(22-7-21-11)6-10(9)15-13/h3-6,15H,2,7H2,1H3. The number of fused-ring (bicyclic) bond motifs is 2. The Hall–Kier alpha value is -3.03. The van der Waals surface area contributed by atoms with Crippen molar-refractivity contribution in [2.75, 3.05) is 13.4 Å². The largest absolute Gasteiger partial charge is 0.461 e. The predicted octanol–water partition coefficient (Wildman–Crippen LogP) is 2.32. The zero-order valence-electron chi connectivity index (χ0n) is 11.6. The van der Waals surface area contributed by atoms with E-state index < -0.39 is 10.9 Å². The number of esters is 1. The van der Waals surface area contributed by atoms with Crippen molar-refractivity contribution < 1.29 is 23.9 Å². The van der Waals surface area contributed by atoms with Crippen molar-refractivity contribution >= 4 is 22.9 Å². The van der Waals surface area contributed by atoms with E-state index in [1.165, 1.54) is 6.08 Å². The molecule has 0 fully saturated rings. The fourth-order valence-corrected chi connectivity index (χ4v) is 2.28. The summed E-state index contributed by atoms with van der Waals surface area (Å²) in [6, 6.07) is 3.36. The van der Waals surface area contributed by atoms with Gasteiger partial charge < -0.3 is 19.2 Å². The van der Waals surface area contributed by atoms with Gasteiger partial charge in [0.25, 0.3) is 0 Å². The van der Waals surface area contributed by atoms with E-state index in [-0.39, 0.29) is 19.1 Å². The molecule has 2 heterocycles. The number of ether oxygens (including phenoxy) is 3. The molecule has 1 aliphatic heterocycles. The summed E-state index contributed by atoms with van der Waals surface area (Å²) in [5, 5.41) is 11.2. The Morgan fingerprint density at radius 2 is 2.18 bits per heavy atom. The Balaban J connectivity index is 2.18. The topological polar surface area (TPSA) is 104 Å². The Morgan fingerprint density at radius 3 is 2.86 bits per heavy atom. The summed E-state index contributed by atoms with van der Waals surface area (Å²) in [6.07, 6.45) is 2.03. The third-order valence-corrected chi connectivity index (χ3v) is 3.17. The molecule has 0 saturated heterocycles. The molecule has 114 valence electrons. The Labute approximate surface area is 124 Å². The zero-order chi connectivity index (χ0) is 15.7. The number of aromatic nitrogens is 1. The second-order valence-electron chi connectivity index (χ2n) is 4.49. The minimum absolute atomic E-state index is 0.118. The van der Waals surface area contributed by atoms with Crippen LogP contribution in [0.4, 0.5) is 0 Å². The molecule has 0 amide bonds. The van der Waals surface area contributed by atoms with Crippen molar-refractivity contribution in [3.05, 3.63) is 39.7 Å². The van der Waals surface area contributed by atoms with Crippen molar-refractivity contribution in [2.24, 2.45) is 0 Å². The van der Waals surface area contributed by atoms with Gasteiger partial charge in [0, 0.05) is 23.1 Å². The molecule has 3 rings (SSSR count). The highest BCUT2D eigenvalue weighted by Gasteiger charge is 2.22. The normalized spacial score (nSPS) is 13.0. The van der Waals surface area contributed by atoms with E-state index in [9.17, 15) is 14.9 Å². The van der Waals surface area contributed by atoms with Crippen LogP contribution in [-0.4, -0.2) is 29.3 Å². The van der Waals surface area contributed by atoms with Crippen LogP contribution >= 0.6 is 0 Å². The third kappa shape index (κ3) is 2.34. The number of carbonyl (C=O) groups excluding carboxylic acids is 1. The van der Waals surface area contributed by atoms with Crippen LogP contribution in [0.2, 0.25) is 0 Å². The Bertz CT molecular complexity index is 792. The molecule has 0 spiro atoms. The molecule has 1 aromatic heterocycles. The summed E-state index contributed by atoms with van der Waals surface area (Å²) in [5.74, 6) is 0.496. The molecule has 0 radical (unpaired) electrons. The predicted molar refractivity (Wildman–Crippen MR) is 76.4 cm³/mol. The van der Waals surface area contributed by atoms with Gasteiger partial charge in [-0.25, -0.2) is 4.79 Å². The number of H-pyrrole nitrogens is 1. The number of nitro groups is 1. The van der Waals surface area contributed by atoms with Crippen LogP contribution in [0.15, 0.2) is 18.3 Å². The van der Waals surface area contributed by atoms with E-state index >= 15 is 0 Å². The van der Waals surface area contributed by atoms with Gasteiger partial charge in [-0.1, -0.05) is 0 Å². The summed E-state index contributed by atoms with van der Waals surface area (Å²) in [6.45, 7) is 2.01. The third-order valence-electron chi connectivity index (χ3n) is 3.17. The van der Waals surface area contributed by atoms with E-state index in [0.29, 0.717) is 28.0 Å². The van der Waals surface area contributed by atoms with Gasteiger partial charge in [0.2, 0.25) is 13.0 Å². The van der Waals surface area contributed by atoms with Crippen molar-refractivity contribution in [1.29, 1.82) is 0 Å². The van der Waals surface area contributed by atoms with E-state index in [2.05, 4.69) is 4.98 Å². The van der Waals surface area contributed by atoms with Crippen LogP contribution in [0.5, 0.6) is 11.5 Å². The maximum atomic E-state index is 12.0. The highest BCUT2D eigenvalue weighted by Crippen LogP contribution is 2.38. The quantitative estimate of drug-likeness (QED) is 0.528. The highest BCUT2D eigenvalue weighted by atomic mass is 16.7. The lowest BCUT2D eigenvalue weighted by atomic mass is 10.1. The molecule has 0 atom stereocenters. The lowest BCUT2D eigenvalue weighted by Crippen LogP contribution is -2.06. The number of nitrogens with one attached hydrogen (secondary N) is 1. The number of hydrogen-bond acceptors (Lipinski definition) is 6. The van der Waals surface area contributed by atoms with Gasteiger partial charge in [-0.15, -0.1) is 0 Å². The van der Waals surface area contributed by atoms with Gasteiger partial charge >= 0.3 is 5.97 Å². The van der Waals surface area contributed by atoms with Crippen LogP contribution in [0.3, 0.4) is 0 Å². The number of rotatable bonds is 4. The first-order valence-electron chi connectivity index (χ1n) is 6.54. The summed E-state index contributed by atoms with van der Waals surface area (Å²) in [4.78, 5) is 24.9. The fourth-order valence-electron chi connectivity index (χ4n) is 2.28. The van der Waals surface area contributed by atoms with Crippen molar-refractivity contribution in [1.82, 2.24) is 4.98 Å². The van der Waals surface area contributed by atoms with Crippen LogP contribution in [0.25, 0.3) is 17.0 Å². The average Bonchev–Trinajstić information content (AvgIpc) is 3.06. The fraction of sp³-hybridized carbons (Fsp3) is 0.214. The smallest absolute Gasteiger partial charge is 0.355 e. The monoisotopic (exact) mass is 304 g/mol. The number of nitrogens with zero attached hydrogens (tertiary/aromatic N) is 1. The van der Waals surface area contributed by atoms with Gasteiger partial charge in [0.1, 0.15) is 5.69 Å². The average molecular weight is 304 g/mol. The van der Waals surface area contributed by atoms with Crippen molar-refractivity contribution in [2.45, 2.75) is 6.92 Å². The van der Waals surface area contributed by atoms with Gasteiger partial charge in [0.15, 0.2) is 11.5 Å². The molecule has 1 N–H and O–H groups in total. The highest BCUT2D eigenvalue weighted by molar-refractivity contribution is 6.03. The summed E-state index contributed by atoms with van der Waals surface area (Å²) in [7, 11) is 0. The van der Waals surface area contributed by atoms with Crippen LogP contribution in [0.1, 0.15) is 23.0 Å². The van der Waals surface area contributed by atoms with Crippen molar-refractivity contribution in [3.8, 4) is 11.5 Å². The molecule has 22 heavy (non-hydrogen) atoms. The Kier molecular flexibility index (Phi) is 3.42. The minimum Gasteiger partial charge on any atom is -0.461 e. The van der Waals surface area contributed by atoms with Gasteiger partial charge in [-0.2, -0.15) is 0 Å². The van der Waals surface area contributed by atoms with Crippen LogP contribution < -0.4 is 9.47 Å². The maximum Gasteiger partial charge on any atom is 0.355 e. The maximum absolute atomic E-state index is 12.0. The van der Waals surface area contributed by atoms with Gasteiger partial charge in [-0.3, -0.25) is 10.1 Å². The zero-order valence-corrected chi connectivity index (χ0v) is 11.6. The SMILES string of the molecule is CCOC(=O)c1[nH]c2cc3c(cc2c1C=C[N+](=O)[O-])OCO3. The first-order chi connectivity index (χ1) is 10.6. The summed E-state index contributed by atoms with van der Waals surface area (Å²) < 4.78 is 15.5. The molecule has 0 bridgehead atoms. The van der Waals surface area contributed by atoms with Gasteiger partial charge in [0.05, 0.1) is 17.0 Å². The molecule has 8 nitrogen and oxygen atoms in total. The molecule has 8 heteroatoms.